The van der Waals surface area contributed by atoms with Gasteiger partial charge >= 0.3 is 0 Å². The van der Waals surface area contributed by atoms with E-state index >= 15 is 0 Å². The minimum absolute atomic E-state index is 0.0658. The first-order valence-electron chi connectivity index (χ1n) is 11.9. The second-order valence-electron chi connectivity index (χ2n) is 8.59. The number of hydrogen-bond donors (Lipinski definition) is 1. The molecule has 1 heterocycles. The van der Waals surface area contributed by atoms with E-state index in [1.165, 1.54) is 0 Å². The molecule has 2 amide bonds. The molecule has 1 aliphatic heterocycles. The lowest BCUT2D eigenvalue weighted by molar-refractivity contribution is 0.0746. The van der Waals surface area contributed by atoms with Crippen LogP contribution in [0.4, 0.5) is 11.4 Å². The number of amides is 2. The fourth-order valence-electron chi connectivity index (χ4n) is 4.13. The summed E-state index contributed by atoms with van der Waals surface area (Å²) < 4.78 is 5.62. The van der Waals surface area contributed by atoms with Gasteiger partial charge in [0.15, 0.2) is 0 Å². The first kappa shape index (κ1) is 24.6. The fourth-order valence-corrected chi connectivity index (χ4v) is 4.43. The van der Waals surface area contributed by atoms with Crippen LogP contribution in [0, 0.1) is 6.92 Å². The summed E-state index contributed by atoms with van der Waals surface area (Å²) in [4.78, 5) is 29.7. The van der Waals surface area contributed by atoms with Gasteiger partial charge in [0.2, 0.25) is 0 Å². The van der Waals surface area contributed by atoms with E-state index in [-0.39, 0.29) is 11.8 Å². The number of nitrogens with zero attached hydrogens (tertiary/aromatic N) is 2. The Morgan fingerprint density at radius 3 is 2.46 bits per heavy atom. The SMILES string of the molecule is CCCOc1cccc(C(=O)Nc2ccc(N3CCN(C(=O)c4ccccc4C)CC3)c(Cl)c2)c1. The van der Waals surface area contributed by atoms with Crippen LogP contribution in [-0.2, 0) is 0 Å². The number of piperazine rings is 1. The minimum atomic E-state index is -0.223. The number of nitrogens with one attached hydrogen (secondary N) is 1. The largest absolute Gasteiger partial charge is 0.494 e. The summed E-state index contributed by atoms with van der Waals surface area (Å²) in [7, 11) is 0. The van der Waals surface area contributed by atoms with Gasteiger partial charge in [-0.1, -0.05) is 42.8 Å². The zero-order chi connectivity index (χ0) is 24.8. The summed E-state index contributed by atoms with van der Waals surface area (Å²) in [5.74, 6) is 0.517. The van der Waals surface area contributed by atoms with E-state index in [0.29, 0.717) is 54.8 Å². The van der Waals surface area contributed by atoms with Crippen LogP contribution in [0.5, 0.6) is 5.75 Å². The summed E-state index contributed by atoms with van der Waals surface area (Å²) in [6.45, 7) is 7.23. The number of hydrogen-bond acceptors (Lipinski definition) is 4. The van der Waals surface area contributed by atoms with Crippen molar-refractivity contribution in [3.05, 3.63) is 88.4 Å². The molecule has 3 aromatic rings. The normalized spacial score (nSPS) is 13.5. The van der Waals surface area contributed by atoms with E-state index in [2.05, 4.69) is 10.2 Å². The molecule has 1 N–H and O–H groups in total. The summed E-state index contributed by atoms with van der Waals surface area (Å²) >= 11 is 6.60. The van der Waals surface area contributed by atoms with E-state index in [1.807, 2.05) is 61.2 Å². The minimum Gasteiger partial charge on any atom is -0.494 e. The van der Waals surface area contributed by atoms with E-state index in [9.17, 15) is 9.59 Å². The Balaban J connectivity index is 1.37. The average molecular weight is 492 g/mol. The van der Waals surface area contributed by atoms with Crippen molar-refractivity contribution >= 4 is 34.8 Å². The molecule has 4 rings (SSSR count). The number of carbonyl (C=O) groups is 2. The molecular formula is C28H30ClN3O3. The lowest BCUT2D eigenvalue weighted by Crippen LogP contribution is -2.49. The molecule has 0 aliphatic carbocycles. The number of ether oxygens (including phenoxy) is 1. The van der Waals surface area contributed by atoms with Gasteiger partial charge in [0.1, 0.15) is 5.75 Å². The van der Waals surface area contributed by atoms with Crippen molar-refractivity contribution in [1.82, 2.24) is 4.90 Å². The maximum absolute atomic E-state index is 12.9. The Hall–Kier alpha value is -3.51. The molecule has 1 aliphatic rings. The van der Waals surface area contributed by atoms with Crippen molar-refractivity contribution in [3.63, 3.8) is 0 Å². The quantitative estimate of drug-likeness (QED) is 0.463. The van der Waals surface area contributed by atoms with E-state index < -0.39 is 0 Å². The molecule has 1 saturated heterocycles. The van der Waals surface area contributed by atoms with Crippen LogP contribution in [0.1, 0.15) is 39.6 Å². The van der Waals surface area contributed by atoms with Crippen LogP contribution in [0.3, 0.4) is 0 Å². The number of benzene rings is 3. The Labute approximate surface area is 211 Å². The predicted octanol–water partition coefficient (Wildman–Crippen LogP) is 5.65. The highest BCUT2D eigenvalue weighted by molar-refractivity contribution is 6.33. The molecule has 0 atom stereocenters. The van der Waals surface area contributed by atoms with Crippen molar-refractivity contribution in [3.8, 4) is 5.75 Å². The summed E-state index contributed by atoms with van der Waals surface area (Å²) in [5, 5.41) is 3.46. The highest BCUT2D eigenvalue weighted by Gasteiger charge is 2.24. The van der Waals surface area contributed by atoms with Crippen LogP contribution >= 0.6 is 11.6 Å². The van der Waals surface area contributed by atoms with Crippen molar-refractivity contribution < 1.29 is 14.3 Å². The summed E-state index contributed by atoms with van der Waals surface area (Å²) in [6, 6.07) is 20.3. The monoisotopic (exact) mass is 491 g/mol. The Morgan fingerprint density at radius 2 is 1.74 bits per heavy atom. The Morgan fingerprint density at radius 1 is 0.971 bits per heavy atom. The lowest BCUT2D eigenvalue weighted by Gasteiger charge is -2.36. The van der Waals surface area contributed by atoms with Crippen LogP contribution in [0.2, 0.25) is 5.02 Å². The van der Waals surface area contributed by atoms with Crippen LogP contribution in [0.25, 0.3) is 0 Å². The molecule has 0 bridgehead atoms. The zero-order valence-electron chi connectivity index (χ0n) is 20.1. The van der Waals surface area contributed by atoms with Gasteiger partial charge in [0.25, 0.3) is 11.8 Å². The van der Waals surface area contributed by atoms with Crippen molar-refractivity contribution in [1.29, 1.82) is 0 Å². The second-order valence-corrected chi connectivity index (χ2v) is 9.00. The highest BCUT2D eigenvalue weighted by atomic mass is 35.5. The van der Waals surface area contributed by atoms with Crippen molar-refractivity contribution in [2.75, 3.05) is 43.0 Å². The number of carbonyl (C=O) groups excluding carboxylic acids is 2. The van der Waals surface area contributed by atoms with Gasteiger partial charge in [-0.05, 0) is 61.4 Å². The molecule has 0 radical (unpaired) electrons. The molecule has 1 fully saturated rings. The molecule has 35 heavy (non-hydrogen) atoms. The molecular weight excluding hydrogens is 462 g/mol. The number of rotatable bonds is 7. The van der Waals surface area contributed by atoms with Crippen LogP contribution in [-0.4, -0.2) is 49.5 Å². The maximum atomic E-state index is 12.9. The van der Waals surface area contributed by atoms with E-state index in [1.54, 1.807) is 24.3 Å². The summed E-state index contributed by atoms with van der Waals surface area (Å²) in [5.41, 5.74) is 3.77. The molecule has 0 aromatic heterocycles. The average Bonchev–Trinajstić information content (AvgIpc) is 2.88. The highest BCUT2D eigenvalue weighted by Crippen LogP contribution is 2.30. The number of aryl methyl sites for hydroxylation is 1. The van der Waals surface area contributed by atoms with Gasteiger partial charge in [-0.2, -0.15) is 0 Å². The third-order valence-electron chi connectivity index (χ3n) is 6.06. The molecule has 7 heteroatoms. The molecule has 0 spiro atoms. The van der Waals surface area contributed by atoms with E-state index in [4.69, 9.17) is 16.3 Å². The van der Waals surface area contributed by atoms with Gasteiger partial charge < -0.3 is 19.9 Å². The van der Waals surface area contributed by atoms with Crippen LogP contribution in [0.15, 0.2) is 66.7 Å². The Bertz CT molecular complexity index is 1210. The summed E-state index contributed by atoms with van der Waals surface area (Å²) in [6.07, 6.45) is 0.902. The molecule has 6 nitrogen and oxygen atoms in total. The van der Waals surface area contributed by atoms with Crippen molar-refractivity contribution in [2.45, 2.75) is 20.3 Å². The van der Waals surface area contributed by atoms with Crippen molar-refractivity contribution in [2.24, 2.45) is 0 Å². The number of halogens is 1. The van der Waals surface area contributed by atoms with Gasteiger partial charge in [0, 0.05) is 43.0 Å². The maximum Gasteiger partial charge on any atom is 0.255 e. The van der Waals surface area contributed by atoms with Crippen LogP contribution < -0.4 is 15.0 Å². The molecule has 0 saturated carbocycles. The number of anilines is 2. The van der Waals surface area contributed by atoms with Gasteiger partial charge in [-0.25, -0.2) is 0 Å². The standard InChI is InChI=1S/C28H30ClN3O3/c1-3-17-35-23-9-6-8-21(18-23)27(33)30-22-11-12-26(25(29)19-22)31-13-15-32(16-14-31)28(34)24-10-5-4-7-20(24)2/h4-12,18-19H,3,13-17H2,1-2H3,(H,30,33). The topological polar surface area (TPSA) is 61.9 Å². The third kappa shape index (κ3) is 5.95. The molecule has 182 valence electrons. The predicted molar refractivity (Wildman–Crippen MR) is 141 cm³/mol. The smallest absolute Gasteiger partial charge is 0.255 e. The first-order chi connectivity index (χ1) is 17.0. The fraction of sp³-hybridized carbons (Fsp3) is 0.286. The van der Waals surface area contributed by atoms with Gasteiger partial charge in [-0.15, -0.1) is 0 Å². The van der Waals surface area contributed by atoms with Gasteiger partial charge in [-0.3, -0.25) is 9.59 Å². The molecule has 0 unspecified atom stereocenters. The van der Waals surface area contributed by atoms with Gasteiger partial charge in [0.05, 0.1) is 17.3 Å². The second kappa shape index (κ2) is 11.3. The molecule has 3 aromatic carbocycles. The Kier molecular flexibility index (Phi) is 7.93. The van der Waals surface area contributed by atoms with E-state index in [0.717, 1.165) is 23.2 Å². The third-order valence-corrected chi connectivity index (χ3v) is 6.36. The lowest BCUT2D eigenvalue weighted by atomic mass is 10.1. The zero-order valence-corrected chi connectivity index (χ0v) is 20.8. The first-order valence-corrected chi connectivity index (χ1v) is 12.3.